The van der Waals surface area contributed by atoms with E-state index in [0.29, 0.717) is 34.4 Å². The number of rotatable bonds is 7. The van der Waals surface area contributed by atoms with Crippen molar-refractivity contribution in [1.29, 1.82) is 0 Å². The third kappa shape index (κ3) is 4.54. The molecule has 0 bridgehead atoms. The van der Waals surface area contributed by atoms with Crippen molar-refractivity contribution in [3.63, 3.8) is 0 Å². The second-order valence-electron chi connectivity index (χ2n) is 8.72. The number of anilines is 1. The quantitative estimate of drug-likeness (QED) is 0.254. The van der Waals surface area contributed by atoms with Gasteiger partial charge < -0.3 is 11.1 Å². The summed E-state index contributed by atoms with van der Waals surface area (Å²) in [5.74, 6) is -1.40. The van der Waals surface area contributed by atoms with Crippen LogP contribution in [0.25, 0.3) is 32.6 Å². The van der Waals surface area contributed by atoms with E-state index in [1.54, 1.807) is 23.9 Å². The number of aromatic nitrogens is 5. The number of nitrogens with two attached hydrogens (primary N) is 1. The van der Waals surface area contributed by atoms with Crippen LogP contribution in [0.4, 0.5) is 14.5 Å². The van der Waals surface area contributed by atoms with E-state index in [2.05, 4.69) is 25.6 Å². The van der Waals surface area contributed by atoms with Crippen LogP contribution in [0.5, 0.6) is 0 Å². The highest BCUT2D eigenvalue weighted by atomic mass is 32.1. The summed E-state index contributed by atoms with van der Waals surface area (Å²) in [4.78, 5) is 29.9. The lowest BCUT2D eigenvalue weighted by molar-refractivity contribution is 0.100. The Morgan fingerprint density at radius 3 is 2.53 bits per heavy atom. The van der Waals surface area contributed by atoms with Gasteiger partial charge in [-0.05, 0) is 38.5 Å². The molecule has 38 heavy (non-hydrogen) atoms. The van der Waals surface area contributed by atoms with Gasteiger partial charge in [0.15, 0.2) is 0 Å². The summed E-state index contributed by atoms with van der Waals surface area (Å²) in [5, 5.41) is 14.4. The number of carbonyl (C=O) groups excluding carboxylic acids is 2. The van der Waals surface area contributed by atoms with E-state index in [-0.39, 0.29) is 21.1 Å². The molecule has 0 fully saturated rings. The minimum Gasteiger partial charge on any atom is -0.365 e. The number of nitrogens with one attached hydrogen (secondary N) is 2. The van der Waals surface area contributed by atoms with Crippen LogP contribution in [0, 0.1) is 13.8 Å². The van der Waals surface area contributed by atoms with Crippen molar-refractivity contribution in [1.82, 2.24) is 25.0 Å². The number of aromatic amines is 1. The normalized spacial score (nSPS) is 11.4. The molecule has 0 aliphatic rings. The van der Waals surface area contributed by atoms with E-state index in [0.717, 1.165) is 22.5 Å². The smallest absolute Gasteiger partial charge is 0.280 e. The van der Waals surface area contributed by atoms with Gasteiger partial charge in [-0.25, -0.2) is 13.8 Å². The Balaban J connectivity index is 1.63. The number of pyridine rings is 1. The van der Waals surface area contributed by atoms with Crippen molar-refractivity contribution >= 4 is 39.1 Å². The number of primary amides is 1. The molecule has 0 aliphatic heterocycles. The fourth-order valence-corrected chi connectivity index (χ4v) is 5.18. The summed E-state index contributed by atoms with van der Waals surface area (Å²) in [6.45, 7) is 6.20. The van der Waals surface area contributed by atoms with Gasteiger partial charge in [-0.1, -0.05) is 29.8 Å². The first-order valence-corrected chi connectivity index (χ1v) is 12.5. The van der Waals surface area contributed by atoms with Crippen LogP contribution in [0.3, 0.4) is 0 Å². The Kier molecular flexibility index (Phi) is 6.49. The van der Waals surface area contributed by atoms with Gasteiger partial charge in [0.1, 0.15) is 21.1 Å². The second-order valence-corrected chi connectivity index (χ2v) is 9.72. The first kappa shape index (κ1) is 25.2. The zero-order valence-corrected chi connectivity index (χ0v) is 21.5. The topological polar surface area (TPSA) is 132 Å². The Bertz CT molecular complexity index is 1690. The van der Waals surface area contributed by atoms with Crippen molar-refractivity contribution in [2.45, 2.75) is 33.7 Å². The van der Waals surface area contributed by atoms with Crippen molar-refractivity contribution < 1.29 is 18.4 Å². The highest BCUT2D eigenvalue weighted by Crippen LogP contribution is 2.43. The third-order valence-electron chi connectivity index (χ3n) is 6.10. The maximum absolute atomic E-state index is 13.8. The molecule has 5 rings (SSSR count). The van der Waals surface area contributed by atoms with Crippen molar-refractivity contribution in [2.75, 3.05) is 5.32 Å². The van der Waals surface area contributed by atoms with Gasteiger partial charge >= 0.3 is 0 Å². The lowest BCUT2D eigenvalue weighted by Gasteiger charge is -2.10. The highest BCUT2D eigenvalue weighted by molar-refractivity contribution is 7.21. The van der Waals surface area contributed by atoms with Crippen LogP contribution in [0.1, 0.15) is 50.5 Å². The fourth-order valence-electron chi connectivity index (χ4n) is 4.17. The molecule has 0 unspecified atom stereocenters. The Labute approximate surface area is 219 Å². The lowest BCUT2D eigenvalue weighted by atomic mass is 10.0. The summed E-state index contributed by atoms with van der Waals surface area (Å²) in [7, 11) is 0. The molecule has 4 heterocycles. The van der Waals surface area contributed by atoms with Crippen LogP contribution in [-0.2, 0) is 6.54 Å². The Morgan fingerprint density at radius 2 is 1.89 bits per heavy atom. The molecule has 0 saturated carbocycles. The van der Waals surface area contributed by atoms with Crippen molar-refractivity contribution in [3.8, 4) is 22.4 Å². The van der Waals surface area contributed by atoms with E-state index in [4.69, 9.17) is 5.73 Å². The number of halogens is 2. The monoisotopic (exact) mass is 535 g/mol. The highest BCUT2D eigenvalue weighted by Gasteiger charge is 2.26. The molecule has 5 aromatic rings. The molecular weight excluding hydrogens is 512 g/mol. The molecule has 9 nitrogen and oxygen atoms in total. The third-order valence-corrected chi connectivity index (χ3v) is 7.20. The Morgan fingerprint density at radius 1 is 1.16 bits per heavy atom. The van der Waals surface area contributed by atoms with Crippen LogP contribution in [0.15, 0.2) is 42.6 Å². The molecule has 2 amide bonds. The number of hydrogen-bond acceptors (Lipinski definition) is 6. The number of hydrogen-bond donors (Lipinski definition) is 3. The second kappa shape index (κ2) is 9.78. The molecule has 1 aromatic carbocycles. The van der Waals surface area contributed by atoms with E-state index >= 15 is 0 Å². The van der Waals surface area contributed by atoms with Crippen LogP contribution >= 0.6 is 11.3 Å². The van der Waals surface area contributed by atoms with Crippen molar-refractivity contribution in [3.05, 3.63) is 70.1 Å². The molecule has 0 radical (unpaired) electrons. The van der Waals surface area contributed by atoms with Gasteiger partial charge in [0, 0.05) is 29.3 Å². The van der Waals surface area contributed by atoms with Gasteiger partial charge in [-0.15, -0.1) is 11.3 Å². The van der Waals surface area contributed by atoms with Gasteiger partial charge in [0.2, 0.25) is 0 Å². The molecular formula is C26H23F2N7O2S. The molecule has 0 atom stereocenters. The number of alkyl halides is 2. The SMILES string of the molecule is CCn1cc(-c2cc(C(F)F)nc3sc(C(N)=O)c(NC(=O)c4cc(-c5ccc(C)cc5)n[nH]4)c23)c(C)n1. The molecule has 194 valence electrons. The summed E-state index contributed by atoms with van der Waals surface area (Å²) >= 11 is 0.845. The standard InChI is InChI=1S/C26H23F2N7O2S/c1-4-35-11-16(13(3)34-35)15-9-18(23(27)28)30-26-20(15)21(22(38-26)24(29)36)31-25(37)19-10-17(32-33-19)14-7-5-12(2)6-8-14/h5-11,23H,4H2,1-3H3,(H2,29,36)(H,31,37)(H,32,33). The van der Waals surface area contributed by atoms with Crippen LogP contribution < -0.4 is 11.1 Å². The summed E-state index contributed by atoms with van der Waals surface area (Å²) in [6.07, 6.45) is -1.11. The predicted octanol–water partition coefficient (Wildman–Crippen LogP) is 5.48. The largest absolute Gasteiger partial charge is 0.365 e. The van der Waals surface area contributed by atoms with E-state index in [9.17, 15) is 18.4 Å². The number of thiophene rings is 1. The number of fused-ring (bicyclic) bond motifs is 1. The number of nitrogens with zero attached hydrogens (tertiary/aromatic N) is 4. The number of benzene rings is 1. The van der Waals surface area contributed by atoms with E-state index in [1.165, 1.54) is 6.07 Å². The first-order valence-electron chi connectivity index (χ1n) is 11.7. The van der Waals surface area contributed by atoms with Gasteiger partial charge in [0.05, 0.1) is 17.1 Å². The van der Waals surface area contributed by atoms with Gasteiger partial charge in [0.25, 0.3) is 18.2 Å². The minimum absolute atomic E-state index is 0.00711. The zero-order valence-electron chi connectivity index (χ0n) is 20.7. The average Bonchev–Trinajstić information content (AvgIpc) is 3.61. The zero-order chi connectivity index (χ0) is 27.1. The molecule has 12 heteroatoms. The van der Waals surface area contributed by atoms with Crippen molar-refractivity contribution in [2.24, 2.45) is 5.73 Å². The number of carbonyl (C=O) groups is 2. The average molecular weight is 536 g/mol. The minimum atomic E-state index is -2.85. The predicted molar refractivity (Wildman–Crippen MR) is 141 cm³/mol. The molecule has 0 spiro atoms. The van der Waals surface area contributed by atoms with Gasteiger partial charge in [-0.2, -0.15) is 10.2 Å². The summed E-state index contributed by atoms with van der Waals surface area (Å²) in [5.41, 5.74) is 9.43. The maximum Gasteiger partial charge on any atom is 0.280 e. The van der Waals surface area contributed by atoms with E-state index < -0.39 is 23.9 Å². The Hall–Kier alpha value is -4.45. The van der Waals surface area contributed by atoms with Crippen LogP contribution in [0.2, 0.25) is 0 Å². The molecule has 0 saturated heterocycles. The molecule has 0 aliphatic carbocycles. The maximum atomic E-state index is 13.8. The lowest BCUT2D eigenvalue weighted by Crippen LogP contribution is -2.17. The summed E-state index contributed by atoms with van der Waals surface area (Å²) in [6, 6.07) is 10.5. The number of amides is 2. The van der Waals surface area contributed by atoms with E-state index in [1.807, 2.05) is 38.1 Å². The molecule has 4 N–H and O–H groups in total. The molecule has 4 aromatic heterocycles. The fraction of sp³-hybridized carbons (Fsp3) is 0.192. The van der Waals surface area contributed by atoms with Gasteiger partial charge in [-0.3, -0.25) is 19.4 Å². The first-order chi connectivity index (χ1) is 18.2. The van der Waals surface area contributed by atoms with Crippen LogP contribution in [-0.4, -0.2) is 36.8 Å². The number of H-pyrrole nitrogens is 1. The summed E-state index contributed by atoms with van der Waals surface area (Å²) < 4.78 is 29.2. The number of aryl methyl sites for hydroxylation is 3.